The predicted molar refractivity (Wildman–Crippen MR) is 81.7 cm³/mol. The summed E-state index contributed by atoms with van der Waals surface area (Å²) >= 11 is 0. The van der Waals surface area contributed by atoms with Crippen LogP contribution >= 0.6 is 0 Å². The van der Waals surface area contributed by atoms with E-state index >= 15 is 0 Å². The Labute approximate surface area is 127 Å². The molecule has 0 aliphatic carbocycles. The van der Waals surface area contributed by atoms with Crippen LogP contribution in [0.5, 0.6) is 0 Å². The van der Waals surface area contributed by atoms with Gasteiger partial charge in [0.05, 0.1) is 6.20 Å². The van der Waals surface area contributed by atoms with Gasteiger partial charge in [0, 0.05) is 23.7 Å². The molecular formula is C16H16N4O2. The number of nitrogens with one attached hydrogen (secondary N) is 2. The summed E-state index contributed by atoms with van der Waals surface area (Å²) in [7, 11) is 0. The Morgan fingerprint density at radius 2 is 1.95 bits per heavy atom. The van der Waals surface area contributed by atoms with Gasteiger partial charge in [0.25, 0.3) is 0 Å². The fourth-order valence-corrected chi connectivity index (χ4v) is 3.46. The molecule has 0 radical (unpaired) electrons. The summed E-state index contributed by atoms with van der Waals surface area (Å²) in [5, 5.41) is 10.2. The van der Waals surface area contributed by atoms with Crippen LogP contribution in [0.2, 0.25) is 0 Å². The lowest BCUT2D eigenvalue weighted by atomic mass is 9.72. The van der Waals surface area contributed by atoms with E-state index in [4.69, 9.17) is 0 Å². The summed E-state index contributed by atoms with van der Waals surface area (Å²) in [6.45, 7) is 3.98. The number of nitrogens with zero attached hydrogens (tertiary/aromatic N) is 2. The van der Waals surface area contributed by atoms with Gasteiger partial charge >= 0.3 is 0 Å². The van der Waals surface area contributed by atoms with Gasteiger partial charge in [0.2, 0.25) is 11.8 Å². The highest BCUT2D eigenvalue weighted by molar-refractivity contribution is 6.14. The Bertz CT molecular complexity index is 808. The van der Waals surface area contributed by atoms with E-state index in [0.717, 1.165) is 16.8 Å². The summed E-state index contributed by atoms with van der Waals surface area (Å²) in [6.07, 6.45) is 1.81. The van der Waals surface area contributed by atoms with Crippen LogP contribution in [0.25, 0.3) is 0 Å². The van der Waals surface area contributed by atoms with E-state index in [9.17, 15) is 9.59 Å². The molecule has 6 nitrogen and oxygen atoms in total. The molecule has 0 saturated carbocycles. The monoisotopic (exact) mass is 296 g/mol. The number of fused-ring (bicyclic) bond motifs is 4. The molecule has 6 heteroatoms. The molecule has 4 rings (SSSR count). The lowest BCUT2D eigenvalue weighted by Crippen LogP contribution is -2.43. The van der Waals surface area contributed by atoms with Crippen LogP contribution in [0, 0.1) is 0 Å². The topological polar surface area (TPSA) is 76.0 Å². The van der Waals surface area contributed by atoms with Crippen molar-refractivity contribution in [1.29, 1.82) is 0 Å². The van der Waals surface area contributed by atoms with Crippen molar-refractivity contribution in [2.24, 2.45) is 0 Å². The predicted octanol–water partition coefficient (Wildman–Crippen LogP) is 2.04. The zero-order valence-corrected chi connectivity index (χ0v) is 12.4. The van der Waals surface area contributed by atoms with Crippen molar-refractivity contribution in [1.82, 2.24) is 9.78 Å². The van der Waals surface area contributed by atoms with Crippen molar-refractivity contribution in [3.63, 3.8) is 0 Å². The molecule has 0 unspecified atom stereocenters. The van der Waals surface area contributed by atoms with Crippen molar-refractivity contribution in [2.45, 2.75) is 31.7 Å². The number of hydrogen-bond donors (Lipinski definition) is 2. The number of rotatable bonds is 1. The number of hydrogen-bond acceptors (Lipinski definition) is 3. The number of benzene rings is 1. The summed E-state index contributed by atoms with van der Waals surface area (Å²) < 4.78 is 1.75. The van der Waals surface area contributed by atoms with E-state index in [0.29, 0.717) is 5.82 Å². The van der Waals surface area contributed by atoms with Crippen LogP contribution in [0.3, 0.4) is 0 Å². The molecule has 2 aliphatic heterocycles. The molecule has 0 bridgehead atoms. The Balaban J connectivity index is 2.02. The van der Waals surface area contributed by atoms with E-state index in [-0.39, 0.29) is 24.3 Å². The van der Waals surface area contributed by atoms with Crippen LogP contribution in [-0.4, -0.2) is 21.6 Å². The minimum Gasteiger partial charge on any atom is -0.325 e. The second-order valence-electron chi connectivity index (χ2n) is 6.08. The third-order valence-electron chi connectivity index (χ3n) is 4.45. The SMILES string of the molecule is CC(C)n1ncc2c1NC(=O)C[C@@]21C(=O)Nc2ccccc21. The molecule has 2 amide bonds. The van der Waals surface area contributed by atoms with E-state index in [1.54, 1.807) is 10.9 Å². The van der Waals surface area contributed by atoms with Crippen LogP contribution in [0.1, 0.15) is 37.4 Å². The van der Waals surface area contributed by atoms with Gasteiger partial charge in [0.1, 0.15) is 11.2 Å². The van der Waals surface area contributed by atoms with Gasteiger partial charge in [-0.2, -0.15) is 5.10 Å². The first-order valence-corrected chi connectivity index (χ1v) is 7.33. The first-order valence-electron chi connectivity index (χ1n) is 7.33. The Kier molecular flexibility index (Phi) is 2.49. The smallest absolute Gasteiger partial charge is 0.240 e. The lowest BCUT2D eigenvalue weighted by molar-refractivity contribution is -0.125. The van der Waals surface area contributed by atoms with Crippen LogP contribution in [-0.2, 0) is 15.0 Å². The van der Waals surface area contributed by atoms with Gasteiger partial charge < -0.3 is 10.6 Å². The minimum absolute atomic E-state index is 0.0962. The molecule has 1 aromatic carbocycles. The highest BCUT2D eigenvalue weighted by atomic mass is 16.2. The summed E-state index contributed by atoms with van der Waals surface area (Å²) in [5.74, 6) is 0.299. The molecule has 22 heavy (non-hydrogen) atoms. The van der Waals surface area contributed by atoms with E-state index in [1.807, 2.05) is 38.1 Å². The number of anilines is 2. The Morgan fingerprint density at radius 1 is 1.18 bits per heavy atom. The number of aromatic nitrogens is 2. The van der Waals surface area contributed by atoms with E-state index in [2.05, 4.69) is 15.7 Å². The zero-order chi connectivity index (χ0) is 15.5. The van der Waals surface area contributed by atoms with Crippen molar-refractivity contribution in [3.05, 3.63) is 41.6 Å². The van der Waals surface area contributed by atoms with Crippen LogP contribution in [0.4, 0.5) is 11.5 Å². The molecule has 1 atom stereocenters. The Hall–Kier alpha value is -2.63. The van der Waals surface area contributed by atoms with E-state index < -0.39 is 5.41 Å². The standard InChI is InChI=1S/C16H16N4O2/c1-9(2)20-14-11(8-17-20)16(7-13(21)19-14)10-5-3-4-6-12(10)18-15(16)22/h3-6,8-9H,7H2,1-2H3,(H,18,22)(H,19,21)/t16-/m0/s1. The molecule has 0 saturated heterocycles. The van der Waals surface area contributed by atoms with Gasteiger partial charge in [-0.25, -0.2) is 4.68 Å². The van der Waals surface area contributed by atoms with Crippen molar-refractivity contribution >= 4 is 23.3 Å². The van der Waals surface area contributed by atoms with Gasteiger partial charge in [-0.3, -0.25) is 9.59 Å². The molecule has 2 aromatic rings. The van der Waals surface area contributed by atoms with Gasteiger partial charge in [-0.05, 0) is 25.5 Å². The quantitative estimate of drug-likeness (QED) is 0.845. The molecule has 2 aliphatic rings. The molecular weight excluding hydrogens is 280 g/mol. The van der Waals surface area contributed by atoms with E-state index in [1.165, 1.54) is 0 Å². The highest BCUT2D eigenvalue weighted by Gasteiger charge is 2.54. The van der Waals surface area contributed by atoms with Gasteiger partial charge in [-0.1, -0.05) is 18.2 Å². The molecule has 2 N–H and O–H groups in total. The molecule has 3 heterocycles. The number of carbonyl (C=O) groups is 2. The molecule has 0 fully saturated rings. The largest absolute Gasteiger partial charge is 0.325 e. The van der Waals surface area contributed by atoms with Crippen LogP contribution < -0.4 is 10.6 Å². The average molecular weight is 296 g/mol. The fraction of sp³-hybridized carbons (Fsp3) is 0.312. The van der Waals surface area contributed by atoms with Crippen LogP contribution in [0.15, 0.2) is 30.5 Å². The second kappa shape index (κ2) is 4.19. The van der Waals surface area contributed by atoms with Crippen molar-refractivity contribution in [2.75, 3.05) is 10.6 Å². The van der Waals surface area contributed by atoms with Gasteiger partial charge in [0.15, 0.2) is 0 Å². The highest BCUT2D eigenvalue weighted by Crippen LogP contribution is 2.49. The van der Waals surface area contributed by atoms with Gasteiger partial charge in [-0.15, -0.1) is 0 Å². The van der Waals surface area contributed by atoms with Crippen molar-refractivity contribution < 1.29 is 9.59 Å². The normalized spacial score (nSPS) is 22.5. The maximum absolute atomic E-state index is 12.8. The minimum atomic E-state index is -0.971. The number of carbonyl (C=O) groups excluding carboxylic acids is 2. The maximum Gasteiger partial charge on any atom is 0.240 e. The zero-order valence-electron chi connectivity index (χ0n) is 12.4. The second-order valence-corrected chi connectivity index (χ2v) is 6.08. The molecule has 1 aromatic heterocycles. The fourth-order valence-electron chi connectivity index (χ4n) is 3.46. The molecule has 112 valence electrons. The number of amides is 2. The van der Waals surface area contributed by atoms with Crippen molar-refractivity contribution in [3.8, 4) is 0 Å². The third-order valence-corrected chi connectivity index (χ3v) is 4.45. The summed E-state index contributed by atoms with van der Waals surface area (Å²) in [4.78, 5) is 25.1. The maximum atomic E-state index is 12.8. The third kappa shape index (κ3) is 1.46. The first-order chi connectivity index (χ1) is 10.5. The summed E-state index contributed by atoms with van der Waals surface area (Å²) in [5.41, 5.74) is 1.41. The Morgan fingerprint density at radius 3 is 2.73 bits per heavy atom. The number of para-hydroxylation sites is 1. The average Bonchev–Trinajstić information content (AvgIpc) is 3.01. The summed E-state index contributed by atoms with van der Waals surface area (Å²) in [6, 6.07) is 7.63. The lowest BCUT2D eigenvalue weighted by Gasteiger charge is -2.31. The molecule has 1 spiro atoms. The first kappa shape index (κ1) is 13.1.